The van der Waals surface area contributed by atoms with Gasteiger partial charge in [-0.25, -0.2) is 4.79 Å². The average Bonchev–Trinajstić information content (AvgIpc) is 2.87. The molecular weight excluding hydrogens is 246 g/mol. The van der Waals surface area contributed by atoms with Crippen LogP contribution in [0, 0.1) is 0 Å². The van der Waals surface area contributed by atoms with Crippen LogP contribution in [-0.4, -0.2) is 36.6 Å². The molecule has 4 N–H and O–H groups in total. The van der Waals surface area contributed by atoms with Gasteiger partial charge in [-0.05, 0) is 31.0 Å². The molecule has 102 valence electrons. The minimum absolute atomic E-state index is 0.0716. The molecule has 1 saturated heterocycles. The Balaban J connectivity index is 2.37. The lowest BCUT2D eigenvalue weighted by molar-refractivity contribution is -0.121. The predicted molar refractivity (Wildman–Crippen MR) is 72.2 cm³/mol. The van der Waals surface area contributed by atoms with Gasteiger partial charge >= 0.3 is 5.97 Å². The Kier molecular flexibility index (Phi) is 3.59. The Bertz CT molecular complexity index is 516. The van der Waals surface area contributed by atoms with Crippen LogP contribution in [0.25, 0.3) is 0 Å². The highest BCUT2D eigenvalue weighted by molar-refractivity contribution is 5.92. The summed E-state index contributed by atoms with van der Waals surface area (Å²) >= 11 is 0. The van der Waals surface area contributed by atoms with E-state index in [1.807, 2.05) is 4.90 Å². The molecule has 0 bridgehead atoms. The quantitative estimate of drug-likeness (QED) is 0.697. The van der Waals surface area contributed by atoms with Gasteiger partial charge in [0.15, 0.2) is 0 Å². The maximum atomic E-state index is 11.8. The molecule has 1 atom stereocenters. The molecule has 1 unspecified atom stereocenters. The minimum atomic E-state index is -1.00. The second-order valence-electron chi connectivity index (χ2n) is 4.54. The fourth-order valence-corrected chi connectivity index (χ4v) is 2.42. The number of anilines is 2. The zero-order valence-corrected chi connectivity index (χ0v) is 10.7. The van der Waals surface area contributed by atoms with Gasteiger partial charge in [-0.2, -0.15) is 0 Å². The smallest absolute Gasteiger partial charge is 0.335 e. The summed E-state index contributed by atoms with van der Waals surface area (Å²) in [5, 5.41) is 11.7. The van der Waals surface area contributed by atoms with Crippen LogP contribution in [0.3, 0.4) is 0 Å². The molecule has 0 spiro atoms. The number of nitrogens with zero attached hydrogens (tertiary/aromatic N) is 1. The summed E-state index contributed by atoms with van der Waals surface area (Å²) in [7, 11) is 1.59. The number of amides is 1. The number of hydrogen-bond acceptors (Lipinski definition) is 4. The van der Waals surface area contributed by atoms with E-state index < -0.39 is 5.97 Å². The van der Waals surface area contributed by atoms with E-state index in [0.29, 0.717) is 17.9 Å². The number of rotatable bonds is 3. The van der Waals surface area contributed by atoms with Crippen molar-refractivity contribution < 1.29 is 14.7 Å². The van der Waals surface area contributed by atoms with Crippen molar-refractivity contribution in [3.63, 3.8) is 0 Å². The number of hydrogen-bond donors (Lipinski definition) is 3. The molecule has 1 aromatic rings. The van der Waals surface area contributed by atoms with Crippen molar-refractivity contribution in [3.8, 4) is 0 Å². The van der Waals surface area contributed by atoms with Crippen LogP contribution in [0.2, 0.25) is 0 Å². The van der Waals surface area contributed by atoms with Crippen LogP contribution in [0.5, 0.6) is 0 Å². The highest BCUT2D eigenvalue weighted by Crippen LogP contribution is 2.31. The van der Waals surface area contributed by atoms with Gasteiger partial charge in [0.1, 0.15) is 6.04 Å². The number of likely N-dealkylation sites (N-methyl/N-ethyl adjacent to an activating group) is 1. The van der Waals surface area contributed by atoms with Crippen LogP contribution >= 0.6 is 0 Å². The summed E-state index contributed by atoms with van der Waals surface area (Å²) in [6.07, 6.45) is 1.63. The number of nitrogen functional groups attached to an aromatic ring is 1. The van der Waals surface area contributed by atoms with Gasteiger partial charge in [0.2, 0.25) is 5.91 Å². The molecule has 6 nitrogen and oxygen atoms in total. The van der Waals surface area contributed by atoms with Crippen molar-refractivity contribution in [2.24, 2.45) is 0 Å². The standard InChI is InChI=1S/C13H17N3O3/c1-15-12(17)10-3-2-6-16(10)11-7-8(13(18)19)4-5-9(11)14/h4-5,7,10H,2-3,6,14H2,1H3,(H,15,17)(H,18,19). The highest BCUT2D eigenvalue weighted by atomic mass is 16.4. The third-order valence-corrected chi connectivity index (χ3v) is 3.39. The summed E-state index contributed by atoms with van der Waals surface area (Å²) in [5.41, 5.74) is 7.18. The van der Waals surface area contributed by atoms with E-state index in [2.05, 4.69) is 5.32 Å². The van der Waals surface area contributed by atoms with Crippen LogP contribution in [0.1, 0.15) is 23.2 Å². The second kappa shape index (κ2) is 5.17. The summed E-state index contributed by atoms with van der Waals surface area (Å²) in [4.78, 5) is 24.7. The van der Waals surface area contributed by atoms with Gasteiger partial charge in [-0.3, -0.25) is 4.79 Å². The Morgan fingerprint density at radius 2 is 2.21 bits per heavy atom. The molecule has 0 aliphatic carbocycles. The third kappa shape index (κ3) is 2.47. The minimum Gasteiger partial charge on any atom is -0.478 e. The lowest BCUT2D eigenvalue weighted by Gasteiger charge is -2.27. The van der Waals surface area contributed by atoms with E-state index in [9.17, 15) is 9.59 Å². The van der Waals surface area contributed by atoms with Gasteiger partial charge < -0.3 is 21.1 Å². The monoisotopic (exact) mass is 263 g/mol. The van der Waals surface area contributed by atoms with Gasteiger partial charge in [-0.15, -0.1) is 0 Å². The lowest BCUT2D eigenvalue weighted by atomic mass is 10.1. The molecule has 1 aliphatic rings. The van der Waals surface area contributed by atoms with Gasteiger partial charge in [0, 0.05) is 13.6 Å². The molecule has 19 heavy (non-hydrogen) atoms. The van der Waals surface area contributed by atoms with E-state index in [4.69, 9.17) is 10.8 Å². The molecule has 1 amide bonds. The zero-order valence-electron chi connectivity index (χ0n) is 10.7. The zero-order chi connectivity index (χ0) is 14.0. The van der Waals surface area contributed by atoms with E-state index in [1.165, 1.54) is 12.1 Å². The van der Waals surface area contributed by atoms with Gasteiger partial charge in [0.05, 0.1) is 16.9 Å². The van der Waals surface area contributed by atoms with Crippen molar-refractivity contribution in [1.82, 2.24) is 5.32 Å². The van der Waals surface area contributed by atoms with Gasteiger partial charge in [-0.1, -0.05) is 0 Å². The maximum absolute atomic E-state index is 11.8. The number of carbonyl (C=O) groups is 2. The number of benzene rings is 1. The molecule has 2 rings (SSSR count). The average molecular weight is 263 g/mol. The molecule has 1 aromatic carbocycles. The molecular formula is C13H17N3O3. The lowest BCUT2D eigenvalue weighted by Crippen LogP contribution is -2.42. The van der Waals surface area contributed by atoms with Crippen molar-refractivity contribution >= 4 is 23.3 Å². The van der Waals surface area contributed by atoms with Crippen molar-refractivity contribution in [3.05, 3.63) is 23.8 Å². The van der Waals surface area contributed by atoms with Crippen molar-refractivity contribution in [2.45, 2.75) is 18.9 Å². The van der Waals surface area contributed by atoms with Gasteiger partial charge in [0.25, 0.3) is 0 Å². The first kappa shape index (κ1) is 13.2. The van der Waals surface area contributed by atoms with Crippen LogP contribution in [0.4, 0.5) is 11.4 Å². The first-order chi connectivity index (χ1) is 9.04. The predicted octanol–water partition coefficient (Wildman–Crippen LogP) is 0.682. The van der Waals surface area contributed by atoms with E-state index in [-0.39, 0.29) is 17.5 Å². The molecule has 1 aliphatic heterocycles. The molecule has 0 aromatic heterocycles. The fraction of sp³-hybridized carbons (Fsp3) is 0.385. The number of carboxylic acid groups (broad SMARTS) is 1. The van der Waals surface area contributed by atoms with Crippen LogP contribution in [-0.2, 0) is 4.79 Å². The summed E-state index contributed by atoms with van der Waals surface area (Å²) < 4.78 is 0. The van der Waals surface area contributed by atoms with E-state index in [0.717, 1.165) is 12.8 Å². The first-order valence-corrected chi connectivity index (χ1v) is 6.15. The number of aromatic carboxylic acids is 1. The normalized spacial score (nSPS) is 18.4. The number of nitrogens with two attached hydrogens (primary N) is 1. The summed E-state index contributed by atoms with van der Waals surface area (Å²) in [6.45, 7) is 0.700. The number of nitrogens with one attached hydrogen (secondary N) is 1. The molecule has 1 fully saturated rings. The van der Waals surface area contributed by atoms with E-state index in [1.54, 1.807) is 13.1 Å². The SMILES string of the molecule is CNC(=O)C1CCCN1c1cc(C(=O)O)ccc1N. The summed E-state index contributed by atoms with van der Waals surface area (Å²) in [6, 6.07) is 4.28. The Labute approximate surface area is 111 Å². The highest BCUT2D eigenvalue weighted by Gasteiger charge is 2.31. The van der Waals surface area contributed by atoms with Crippen molar-refractivity contribution in [1.29, 1.82) is 0 Å². The second-order valence-corrected chi connectivity index (χ2v) is 4.54. The third-order valence-electron chi connectivity index (χ3n) is 3.39. The van der Waals surface area contributed by atoms with Crippen LogP contribution < -0.4 is 16.0 Å². The molecule has 0 saturated carbocycles. The van der Waals surface area contributed by atoms with E-state index >= 15 is 0 Å². The molecule has 6 heteroatoms. The number of carbonyl (C=O) groups excluding carboxylic acids is 1. The molecule has 0 radical (unpaired) electrons. The number of carboxylic acids is 1. The van der Waals surface area contributed by atoms with Crippen LogP contribution in [0.15, 0.2) is 18.2 Å². The first-order valence-electron chi connectivity index (χ1n) is 6.15. The Morgan fingerprint density at radius 1 is 1.47 bits per heavy atom. The largest absolute Gasteiger partial charge is 0.478 e. The Hall–Kier alpha value is -2.24. The maximum Gasteiger partial charge on any atom is 0.335 e. The molecule has 1 heterocycles. The fourth-order valence-electron chi connectivity index (χ4n) is 2.42. The topological polar surface area (TPSA) is 95.7 Å². The van der Waals surface area contributed by atoms with Crippen molar-refractivity contribution in [2.75, 3.05) is 24.2 Å². The Morgan fingerprint density at radius 3 is 2.84 bits per heavy atom. The summed E-state index contributed by atoms with van der Waals surface area (Å²) in [5.74, 6) is -1.07.